The largest absolute Gasteiger partial charge is 0.508 e. The van der Waals surface area contributed by atoms with Crippen LogP contribution in [0.15, 0.2) is 162 Å². The fourth-order valence-corrected chi connectivity index (χ4v) is 12.4. The van der Waals surface area contributed by atoms with Crippen LogP contribution in [0.1, 0.15) is 264 Å². The number of anilines is 1. The number of nitrogens with two attached hydrogens (primary N) is 1. The Morgan fingerprint density at radius 3 is 1.16 bits per heavy atom. The Balaban J connectivity index is 0.000000321. The molecule has 0 aliphatic heterocycles. The topological polar surface area (TPSA) is 367 Å². The van der Waals surface area contributed by atoms with Crippen LogP contribution in [0.3, 0.4) is 0 Å². The number of aryl methyl sites for hydroxylation is 5. The summed E-state index contributed by atoms with van der Waals surface area (Å²) in [6.07, 6.45) is 16.8. The summed E-state index contributed by atoms with van der Waals surface area (Å²) in [5.41, 5.74) is 14.8. The van der Waals surface area contributed by atoms with Gasteiger partial charge in [0.15, 0.2) is 45.9 Å². The quantitative estimate of drug-likeness (QED) is 0.0157. The summed E-state index contributed by atoms with van der Waals surface area (Å²) < 4.78 is 105. The molecule has 0 aliphatic carbocycles. The van der Waals surface area contributed by atoms with Crippen molar-refractivity contribution in [2.24, 2.45) is 38.2 Å². The van der Waals surface area contributed by atoms with Crippen molar-refractivity contribution >= 4 is 78.2 Å². The number of aliphatic carboxylic acids is 1. The molecular weight excluding hydrogens is 1660 g/mol. The van der Waals surface area contributed by atoms with Gasteiger partial charge in [0.25, 0.3) is 10.1 Å². The molecule has 28 heteroatoms. The lowest BCUT2D eigenvalue weighted by Crippen LogP contribution is -2.34. The highest BCUT2D eigenvalue weighted by Gasteiger charge is 2.21. The van der Waals surface area contributed by atoms with E-state index in [-0.39, 0.29) is 70.4 Å². The smallest absolute Gasteiger partial charge is 0.407 e. The number of nitrogens with one attached hydrogen (secondary N) is 2. The molecule has 0 unspecified atom stereocenters. The molecule has 0 radical (unpaired) electrons. The van der Waals surface area contributed by atoms with Gasteiger partial charge in [-0.05, 0) is 210 Å². The van der Waals surface area contributed by atoms with E-state index >= 15 is 0 Å². The number of hydrogen-bond acceptors (Lipinski definition) is 21. The summed E-state index contributed by atoms with van der Waals surface area (Å²) in [5.74, 6) is 5.01. The van der Waals surface area contributed by atoms with Crippen LogP contribution in [0.4, 0.5) is 19.3 Å². The van der Waals surface area contributed by atoms with Gasteiger partial charge in [0.05, 0.1) is 37.5 Å². The highest BCUT2D eigenvalue weighted by Crippen LogP contribution is 2.33. The Kier molecular flexibility index (Phi) is 44.2. The number of rotatable bonds is 31. The first-order valence-corrected chi connectivity index (χ1v) is 45.2. The number of carbonyl (C=O) groups excluding carboxylic acids is 2. The van der Waals surface area contributed by atoms with Crippen LogP contribution in [0.5, 0.6) is 34.5 Å². The van der Waals surface area contributed by atoms with Gasteiger partial charge in [0, 0.05) is 93.1 Å². The van der Waals surface area contributed by atoms with Crippen LogP contribution >= 0.6 is 0 Å². The van der Waals surface area contributed by atoms with Crippen molar-refractivity contribution < 1.29 is 92.8 Å². The van der Waals surface area contributed by atoms with Gasteiger partial charge in [-0.25, -0.2) is 33.5 Å². The second-order valence-electron chi connectivity index (χ2n) is 39.9. The number of phenols is 2. The number of amides is 2. The molecule has 0 aliphatic rings. The first-order valence-electron chi connectivity index (χ1n) is 43.7. The number of benzene rings is 6. The molecule has 4 aromatic heterocycles. The van der Waals surface area contributed by atoms with Crippen LogP contribution in [0.25, 0.3) is 44.4 Å². The minimum Gasteiger partial charge on any atom is -0.508 e. The lowest BCUT2D eigenvalue weighted by atomic mass is 9.90. The molecule has 0 atom stereocenters. The Hall–Kier alpha value is -10.6. The van der Waals surface area contributed by atoms with Crippen LogP contribution in [0.2, 0.25) is 0 Å². The van der Waals surface area contributed by atoms with E-state index in [0.29, 0.717) is 92.9 Å². The number of halogens is 2. The van der Waals surface area contributed by atoms with E-state index in [1.54, 1.807) is 94.6 Å². The van der Waals surface area contributed by atoms with Crippen LogP contribution in [-0.2, 0) is 50.1 Å². The SMILES string of the molecule is CC(C)(C)CCCC(=O)O.CC(C)(C)CCCc1nc2ccc(O)cc2o1.CC(C)(C)CCCc1nc2ccc(OC/C(=C/F)CN)cc2o1.CC(C)(C)CCCc1nc2ccc(OC/C(=C/F)CNC(=O)OC(C)(C)C)cc2o1.COc1ccc(NC(=O)CCCC(C)(C)C)c(O)c1.COc1ccc2nc(CCCC(C)(C)C)oc2c1.Cc1ccc(S(=O)(=O)O)cc1. The fraction of sp³-hybridized carbons (Fsp3) is 0.530. The first-order chi connectivity index (χ1) is 59.5. The van der Waals surface area contributed by atoms with Gasteiger partial charge < -0.3 is 73.0 Å². The second kappa shape index (κ2) is 51.6. The van der Waals surface area contributed by atoms with Crippen molar-refractivity contribution in [1.29, 1.82) is 0 Å². The first kappa shape index (κ1) is 110. The van der Waals surface area contributed by atoms with Gasteiger partial charge in [0.2, 0.25) is 5.91 Å². The maximum atomic E-state index is 13.1. The molecule has 0 spiro atoms. The number of alkyl carbamates (subject to hydrolysis) is 1. The predicted octanol–water partition coefficient (Wildman–Crippen LogP) is 25.5. The van der Waals surface area contributed by atoms with Crippen molar-refractivity contribution in [2.75, 3.05) is 45.8 Å². The summed E-state index contributed by atoms with van der Waals surface area (Å²) in [5, 5.41) is 32.6. The van der Waals surface area contributed by atoms with Crippen molar-refractivity contribution in [3.63, 3.8) is 0 Å². The summed E-state index contributed by atoms with van der Waals surface area (Å²) >= 11 is 0. The van der Waals surface area contributed by atoms with Crippen LogP contribution < -0.4 is 35.3 Å². The Morgan fingerprint density at radius 2 is 0.805 bits per heavy atom. The van der Waals surface area contributed by atoms with Gasteiger partial charge >= 0.3 is 12.1 Å². The normalized spacial score (nSPS) is 12.2. The second-order valence-corrected chi connectivity index (χ2v) is 41.4. The number of fused-ring (bicyclic) bond motifs is 4. The predicted molar refractivity (Wildman–Crippen MR) is 505 cm³/mol. The third-order valence-electron chi connectivity index (χ3n) is 18.9. The maximum absolute atomic E-state index is 13.1. The average molecular weight is 1800 g/mol. The van der Waals surface area contributed by atoms with E-state index in [1.165, 1.54) is 31.7 Å². The summed E-state index contributed by atoms with van der Waals surface area (Å²) in [6.45, 7) is 47.0. The molecule has 4 heterocycles. The van der Waals surface area contributed by atoms with Crippen LogP contribution in [-0.4, -0.2) is 112 Å². The highest BCUT2D eigenvalue weighted by atomic mass is 32.2. The number of carboxylic acid groups (broad SMARTS) is 1. The van der Waals surface area contributed by atoms with Gasteiger partial charge in [-0.1, -0.05) is 142 Å². The fourth-order valence-electron chi connectivity index (χ4n) is 12.0. The Morgan fingerprint density at radius 1 is 0.461 bits per heavy atom. The molecule has 25 nitrogen and oxygen atoms in total. The molecule has 0 saturated heterocycles. The zero-order valence-electron chi connectivity index (χ0n) is 80.2. The van der Waals surface area contributed by atoms with E-state index < -0.39 is 27.8 Å². The van der Waals surface area contributed by atoms with Gasteiger partial charge in [0.1, 0.15) is 75.4 Å². The molecule has 2 amide bonds. The number of carbonyl (C=O) groups is 3. The van der Waals surface area contributed by atoms with Crippen molar-refractivity contribution in [1.82, 2.24) is 25.3 Å². The van der Waals surface area contributed by atoms with E-state index in [0.717, 1.165) is 153 Å². The molecule has 0 bridgehead atoms. The molecule has 8 N–H and O–H groups in total. The number of methoxy groups -OCH3 is 2. The third-order valence-corrected chi connectivity index (χ3v) is 19.7. The van der Waals surface area contributed by atoms with Gasteiger partial charge in [-0.15, -0.1) is 0 Å². The molecule has 10 rings (SSSR count). The summed E-state index contributed by atoms with van der Waals surface area (Å²) in [6, 6.07) is 32.3. The summed E-state index contributed by atoms with van der Waals surface area (Å²) in [7, 11) is -0.838. The van der Waals surface area contributed by atoms with Gasteiger partial charge in [-0.3, -0.25) is 14.1 Å². The van der Waals surface area contributed by atoms with E-state index in [1.807, 2.05) is 37.3 Å². The molecule has 0 saturated carbocycles. The summed E-state index contributed by atoms with van der Waals surface area (Å²) in [4.78, 5) is 51.3. The number of nitrogens with zero attached hydrogens (tertiary/aromatic N) is 4. The number of carboxylic acids is 1. The lowest BCUT2D eigenvalue weighted by molar-refractivity contribution is -0.137. The van der Waals surface area contributed by atoms with E-state index in [4.69, 9.17) is 56.7 Å². The lowest BCUT2D eigenvalue weighted by Gasteiger charge is -2.20. The standard InChI is InChI=1S/C23H33FN2O4.C18H25FN2O2.C15H23NO3.C15H21NO2.C14H19NO2.C8H16O2.C7H8O3S/c1-22(2,3)11-7-8-20-26-18-10-9-17(12-19(18)29-20)28-15-16(13-24)14-25-21(27)30-23(4,5)6;1-18(2,3)8-4-5-17-21-15-7-6-14(9-16(15)23-17)22-12-13(10-19)11-20;1-15(2,3)9-5-6-14(18)16-12-8-7-11(19-4)10-13(12)17;1-15(2,3)9-5-6-14-16-12-8-7-11(17-4)10-13(12)18-14;1-14(2,3)8-4-5-13-15-11-7-6-10(16)9-12(11)17-13;1-8(2,3)6-4-5-7(9)10;1-6-2-4-7(5-3-6)11(8,9)10/h9-10,12-13H,7-8,11,14-15H2,1-6H3,(H,25,27);6-7,9-10H,4-5,8,11-12,20H2,1-3H3;7-8,10,17H,5-6,9H2,1-4H3,(H,16,18);7-8,10H,5-6,9H2,1-4H3;6-7,9,16H,4-5,8H2,1-3H3;4-6H2,1-3H3,(H,9,10);2-5H,1H3,(H,8,9,10)/b16-13+;13-10+;;;;;. The zero-order valence-corrected chi connectivity index (χ0v) is 81.0. The minimum atomic E-state index is -4.02. The number of ether oxygens (including phenoxy) is 5. The van der Waals surface area contributed by atoms with E-state index in [9.17, 15) is 41.8 Å². The van der Waals surface area contributed by atoms with E-state index in [2.05, 4.69) is 155 Å². The van der Waals surface area contributed by atoms with Crippen molar-refractivity contribution in [3.8, 4) is 34.5 Å². The zero-order chi connectivity index (χ0) is 96.0. The molecule has 708 valence electrons. The number of phenolic OH excluding ortho intramolecular Hbond substituents is 2. The number of aromatic nitrogens is 4. The number of aromatic hydroxyl groups is 2. The minimum absolute atomic E-state index is 0.00606. The third kappa shape index (κ3) is 47.5. The van der Waals surface area contributed by atoms with Crippen molar-refractivity contribution in [3.05, 3.63) is 168 Å². The Labute approximate surface area is 757 Å². The molecule has 128 heavy (non-hydrogen) atoms. The maximum Gasteiger partial charge on any atom is 0.407 e. The molecule has 10 aromatic rings. The van der Waals surface area contributed by atoms with Gasteiger partial charge in [-0.2, -0.15) is 8.42 Å². The number of oxazole rings is 4. The monoisotopic (exact) mass is 1800 g/mol. The average Bonchev–Trinajstić information content (AvgIpc) is 1.70. The molecule has 6 aromatic carbocycles. The molecule has 0 fully saturated rings. The van der Waals surface area contributed by atoms with Crippen molar-refractivity contribution in [2.45, 2.75) is 278 Å². The highest BCUT2D eigenvalue weighted by molar-refractivity contribution is 7.85. The Bertz CT molecular complexity index is 5210. The van der Waals surface area contributed by atoms with Crippen LogP contribution in [0, 0.1) is 39.4 Å². The molecular formula is C100H145F2N7O18S. The number of hydrogen-bond donors (Lipinski definition) is 7.